The van der Waals surface area contributed by atoms with Crippen LogP contribution in [0.15, 0.2) is 42.1 Å². The van der Waals surface area contributed by atoms with Gasteiger partial charge in [0.15, 0.2) is 0 Å². The molecule has 2 heterocycles. The molecule has 0 aliphatic carbocycles. The average molecular weight is 324 g/mol. The first-order valence-electron chi connectivity index (χ1n) is 8.29. The third kappa shape index (κ3) is 3.35. The van der Waals surface area contributed by atoms with Crippen LogP contribution in [0.2, 0.25) is 0 Å². The van der Waals surface area contributed by atoms with E-state index < -0.39 is 11.7 Å². The minimum atomic E-state index is -1.07. The van der Waals surface area contributed by atoms with Crippen molar-refractivity contribution in [1.82, 2.24) is 9.97 Å². The lowest BCUT2D eigenvalue weighted by Crippen LogP contribution is -2.35. The highest BCUT2D eigenvalue weighted by atomic mass is 16.3. The van der Waals surface area contributed by atoms with Crippen LogP contribution in [0.3, 0.4) is 0 Å². The molecule has 0 fully saturated rings. The molecule has 1 atom stereocenters. The molecule has 0 bridgehead atoms. The number of nitrogens with zero attached hydrogens (tertiary/aromatic N) is 1. The van der Waals surface area contributed by atoms with Gasteiger partial charge in [-0.2, -0.15) is 0 Å². The standard InChI is InChI=1S/C20H24N2O2/c1-13(8-9-18(23)20(2,3)24)12-17-19-15(10-11-21-17)14-6-4-5-7-16(14)22-19/h4-7,10-12,18,22-24H,8-9H2,1-3H3. The summed E-state index contributed by atoms with van der Waals surface area (Å²) >= 11 is 0. The number of rotatable bonds is 5. The van der Waals surface area contributed by atoms with Crippen molar-refractivity contribution < 1.29 is 10.2 Å². The number of allylic oxidation sites excluding steroid dienone is 1. The number of para-hydroxylation sites is 1. The van der Waals surface area contributed by atoms with Gasteiger partial charge >= 0.3 is 0 Å². The van der Waals surface area contributed by atoms with Crippen molar-refractivity contribution in [3.8, 4) is 0 Å². The summed E-state index contributed by atoms with van der Waals surface area (Å²) in [6.07, 6.45) is 4.37. The van der Waals surface area contributed by atoms with Gasteiger partial charge in [0.25, 0.3) is 0 Å². The van der Waals surface area contributed by atoms with Crippen LogP contribution in [0.4, 0.5) is 0 Å². The Morgan fingerprint density at radius 3 is 2.75 bits per heavy atom. The maximum absolute atomic E-state index is 9.97. The summed E-state index contributed by atoms with van der Waals surface area (Å²) in [4.78, 5) is 7.94. The predicted molar refractivity (Wildman–Crippen MR) is 98.8 cm³/mol. The van der Waals surface area contributed by atoms with Gasteiger partial charge in [-0.3, -0.25) is 4.98 Å². The first kappa shape index (κ1) is 16.7. The summed E-state index contributed by atoms with van der Waals surface area (Å²) in [5.41, 5.74) is 3.08. The van der Waals surface area contributed by atoms with Crippen LogP contribution in [0.5, 0.6) is 0 Å². The van der Waals surface area contributed by atoms with Gasteiger partial charge in [-0.25, -0.2) is 0 Å². The van der Waals surface area contributed by atoms with E-state index in [0.717, 1.165) is 27.7 Å². The van der Waals surface area contributed by atoms with Crippen LogP contribution in [0, 0.1) is 0 Å². The molecule has 0 radical (unpaired) electrons. The number of hydrogen-bond donors (Lipinski definition) is 3. The number of hydrogen-bond acceptors (Lipinski definition) is 3. The third-order valence-corrected chi connectivity index (χ3v) is 4.47. The van der Waals surface area contributed by atoms with E-state index >= 15 is 0 Å². The summed E-state index contributed by atoms with van der Waals surface area (Å²) in [6, 6.07) is 10.3. The summed E-state index contributed by atoms with van der Waals surface area (Å²) in [7, 11) is 0. The van der Waals surface area contributed by atoms with E-state index in [1.165, 1.54) is 5.39 Å². The van der Waals surface area contributed by atoms with Crippen LogP contribution in [-0.2, 0) is 0 Å². The molecule has 0 saturated heterocycles. The van der Waals surface area contributed by atoms with E-state index in [-0.39, 0.29) is 0 Å². The molecule has 4 heteroatoms. The monoisotopic (exact) mass is 324 g/mol. The second-order valence-corrected chi connectivity index (χ2v) is 6.99. The molecular weight excluding hydrogens is 300 g/mol. The fourth-order valence-corrected chi connectivity index (χ4v) is 2.93. The number of aromatic amines is 1. The molecule has 4 nitrogen and oxygen atoms in total. The van der Waals surface area contributed by atoms with Crippen molar-refractivity contribution in [2.24, 2.45) is 0 Å². The van der Waals surface area contributed by atoms with Crippen molar-refractivity contribution in [3.05, 3.63) is 47.8 Å². The number of pyridine rings is 1. The lowest BCUT2D eigenvalue weighted by atomic mass is 9.95. The Kier molecular flexibility index (Phi) is 4.43. The average Bonchev–Trinajstić information content (AvgIpc) is 2.91. The molecule has 0 saturated carbocycles. The van der Waals surface area contributed by atoms with Crippen LogP contribution >= 0.6 is 0 Å². The van der Waals surface area contributed by atoms with E-state index in [9.17, 15) is 10.2 Å². The summed E-state index contributed by atoms with van der Waals surface area (Å²) in [5, 5.41) is 22.1. The first-order chi connectivity index (χ1) is 11.4. The maximum Gasteiger partial charge on any atom is 0.0870 e. The molecule has 3 rings (SSSR count). The molecule has 2 aromatic heterocycles. The van der Waals surface area contributed by atoms with Crippen molar-refractivity contribution in [1.29, 1.82) is 0 Å². The van der Waals surface area contributed by atoms with E-state index in [2.05, 4.69) is 28.2 Å². The molecule has 1 unspecified atom stereocenters. The molecule has 126 valence electrons. The van der Waals surface area contributed by atoms with E-state index in [0.29, 0.717) is 12.8 Å². The maximum atomic E-state index is 9.97. The molecule has 0 spiro atoms. The largest absolute Gasteiger partial charge is 0.390 e. The Balaban J connectivity index is 1.89. The Labute approximate surface area is 141 Å². The minimum absolute atomic E-state index is 0.522. The number of H-pyrrole nitrogens is 1. The normalized spacial score (nSPS) is 14.5. The third-order valence-electron chi connectivity index (χ3n) is 4.47. The zero-order chi connectivity index (χ0) is 17.3. The Bertz CT molecular complexity index is 887. The molecular formula is C20H24N2O2. The van der Waals surface area contributed by atoms with Crippen molar-refractivity contribution >= 4 is 27.9 Å². The van der Waals surface area contributed by atoms with Crippen molar-refractivity contribution in [2.45, 2.75) is 45.3 Å². The number of fused-ring (bicyclic) bond motifs is 3. The molecule has 0 aliphatic rings. The Hall–Kier alpha value is -2.17. The van der Waals surface area contributed by atoms with Crippen LogP contribution < -0.4 is 0 Å². The van der Waals surface area contributed by atoms with Crippen LogP contribution in [-0.4, -0.2) is 31.9 Å². The number of aromatic nitrogens is 2. The van der Waals surface area contributed by atoms with Gasteiger partial charge in [-0.15, -0.1) is 0 Å². The highest BCUT2D eigenvalue weighted by Crippen LogP contribution is 2.28. The molecule has 3 N–H and O–H groups in total. The van der Waals surface area contributed by atoms with Crippen LogP contribution in [0.1, 0.15) is 39.3 Å². The second-order valence-electron chi connectivity index (χ2n) is 6.99. The molecule has 0 aliphatic heterocycles. The SMILES string of the molecule is CC(=Cc1nccc2c1[nH]c1ccccc12)CCC(O)C(C)(C)O. The molecule has 0 amide bonds. The highest BCUT2D eigenvalue weighted by Gasteiger charge is 2.23. The Morgan fingerprint density at radius 2 is 2.00 bits per heavy atom. The van der Waals surface area contributed by atoms with Gasteiger partial charge in [-0.1, -0.05) is 23.8 Å². The van der Waals surface area contributed by atoms with Gasteiger partial charge in [0.2, 0.25) is 0 Å². The Morgan fingerprint density at radius 1 is 1.25 bits per heavy atom. The minimum Gasteiger partial charge on any atom is -0.390 e. The summed E-state index contributed by atoms with van der Waals surface area (Å²) in [5.74, 6) is 0. The lowest BCUT2D eigenvalue weighted by Gasteiger charge is -2.24. The fraction of sp³-hybridized carbons (Fsp3) is 0.350. The number of aliphatic hydroxyl groups excluding tert-OH is 1. The first-order valence-corrected chi connectivity index (χ1v) is 8.29. The van der Waals surface area contributed by atoms with Gasteiger partial charge in [0, 0.05) is 22.5 Å². The van der Waals surface area contributed by atoms with E-state index in [1.54, 1.807) is 13.8 Å². The number of benzene rings is 1. The van der Waals surface area contributed by atoms with Gasteiger partial charge < -0.3 is 15.2 Å². The van der Waals surface area contributed by atoms with Crippen LogP contribution in [0.25, 0.3) is 27.9 Å². The summed E-state index contributed by atoms with van der Waals surface area (Å²) in [6.45, 7) is 5.28. The van der Waals surface area contributed by atoms with Gasteiger partial charge in [0.05, 0.1) is 22.9 Å². The smallest absolute Gasteiger partial charge is 0.0870 e. The zero-order valence-electron chi connectivity index (χ0n) is 14.4. The molecule has 1 aromatic carbocycles. The van der Waals surface area contributed by atoms with Gasteiger partial charge in [0.1, 0.15) is 0 Å². The second kappa shape index (κ2) is 6.38. The number of nitrogens with one attached hydrogen (secondary N) is 1. The number of aliphatic hydroxyl groups is 2. The van der Waals surface area contributed by atoms with Gasteiger partial charge in [-0.05, 0) is 51.8 Å². The van der Waals surface area contributed by atoms with E-state index in [4.69, 9.17) is 0 Å². The topological polar surface area (TPSA) is 69.1 Å². The predicted octanol–water partition coefficient (Wildman–Crippen LogP) is 4.03. The lowest BCUT2D eigenvalue weighted by molar-refractivity contribution is -0.0509. The fourth-order valence-electron chi connectivity index (χ4n) is 2.93. The molecule has 3 aromatic rings. The summed E-state index contributed by atoms with van der Waals surface area (Å²) < 4.78 is 0. The zero-order valence-corrected chi connectivity index (χ0v) is 14.4. The van der Waals surface area contributed by atoms with Crippen molar-refractivity contribution in [2.75, 3.05) is 0 Å². The molecule has 24 heavy (non-hydrogen) atoms. The highest BCUT2D eigenvalue weighted by molar-refractivity contribution is 6.08. The quantitative estimate of drug-likeness (QED) is 0.663. The van der Waals surface area contributed by atoms with Crippen molar-refractivity contribution in [3.63, 3.8) is 0 Å². The van der Waals surface area contributed by atoms with E-state index in [1.807, 2.05) is 31.3 Å².